The molecule has 7 heteroatoms. The van der Waals surface area contributed by atoms with Gasteiger partial charge >= 0.3 is 10.5 Å². The third kappa shape index (κ3) is 8.77. The van der Waals surface area contributed by atoms with Crippen molar-refractivity contribution >= 4 is 45.3 Å². The zero-order valence-corrected chi connectivity index (χ0v) is 14.2. The molecule has 0 radical (unpaired) electrons. The Bertz CT molecular complexity index is 534. The summed E-state index contributed by atoms with van der Waals surface area (Å²) in [6.07, 6.45) is 0.351. The highest BCUT2D eigenvalue weighted by Gasteiger charge is 2.09. The molecule has 0 aromatic heterocycles. The molecule has 0 bridgehead atoms. The van der Waals surface area contributed by atoms with Crippen LogP contribution in [0.25, 0.3) is 0 Å². The van der Waals surface area contributed by atoms with Crippen molar-refractivity contribution in [1.29, 1.82) is 0 Å². The second-order valence-electron chi connectivity index (χ2n) is 4.91. The topological polar surface area (TPSA) is 83.5 Å². The molecule has 2 N–H and O–H groups in total. The summed E-state index contributed by atoms with van der Waals surface area (Å²) in [6, 6.07) is 5.91. The zero-order valence-electron chi connectivity index (χ0n) is 12.7. The fourth-order valence-electron chi connectivity index (χ4n) is 1.54. The number of amides is 1. The maximum Gasteiger partial charge on any atom is 0.304 e. The van der Waals surface area contributed by atoms with Crippen LogP contribution in [0.4, 0.5) is 5.69 Å². The Balaban J connectivity index is 0.000000626. The average molecular weight is 348 g/mol. The Labute approximate surface area is 139 Å². The minimum Gasteiger partial charge on any atom is -0.396 e. The number of nitrogens with one attached hydrogen (secondary N) is 1. The lowest BCUT2D eigenvalue weighted by Crippen LogP contribution is -2.17. The van der Waals surface area contributed by atoms with Crippen LogP contribution >= 0.6 is 23.2 Å². The van der Waals surface area contributed by atoms with Crippen molar-refractivity contribution in [2.24, 2.45) is 5.92 Å². The summed E-state index contributed by atoms with van der Waals surface area (Å²) >= 11 is 8.98. The van der Waals surface area contributed by atoms with Crippen LogP contribution in [0, 0.1) is 19.8 Å². The van der Waals surface area contributed by atoms with E-state index in [1.807, 2.05) is 39.0 Å². The first-order valence-corrected chi connectivity index (χ1v) is 7.30. The number of aliphatic hydroxyl groups is 1. The van der Waals surface area contributed by atoms with Crippen molar-refractivity contribution < 1.29 is 19.5 Å². The Morgan fingerprint density at radius 3 is 2.14 bits per heavy atom. The number of benzene rings is 1. The summed E-state index contributed by atoms with van der Waals surface area (Å²) < 4.78 is 0. The van der Waals surface area contributed by atoms with E-state index >= 15 is 0 Å². The Kier molecular flexibility index (Phi) is 9.65. The molecule has 0 saturated carbocycles. The molecular formula is C15H19Cl2NO4. The molecule has 0 aliphatic heterocycles. The highest BCUT2D eigenvalue weighted by atomic mass is 35.5. The lowest BCUT2D eigenvalue weighted by atomic mass is 10.1. The van der Waals surface area contributed by atoms with E-state index in [1.54, 1.807) is 0 Å². The van der Waals surface area contributed by atoms with Crippen LogP contribution in [0.3, 0.4) is 0 Å². The molecule has 1 unspecified atom stereocenters. The van der Waals surface area contributed by atoms with Gasteiger partial charge in [-0.05, 0) is 54.6 Å². The summed E-state index contributed by atoms with van der Waals surface area (Å²) in [4.78, 5) is 30.5. The van der Waals surface area contributed by atoms with E-state index in [-0.39, 0.29) is 18.4 Å². The normalized spacial score (nSPS) is 11.0. The molecule has 1 rings (SSSR count). The zero-order chi connectivity index (χ0) is 17.3. The maximum atomic E-state index is 11.6. The van der Waals surface area contributed by atoms with Crippen molar-refractivity contribution in [2.45, 2.75) is 27.2 Å². The molecule has 0 aliphatic carbocycles. The van der Waals surface area contributed by atoms with E-state index in [0.717, 1.165) is 11.3 Å². The third-order valence-electron chi connectivity index (χ3n) is 2.66. The first-order valence-electron chi connectivity index (χ1n) is 6.54. The lowest BCUT2D eigenvalue weighted by Gasteiger charge is -2.11. The monoisotopic (exact) mass is 347 g/mol. The van der Waals surface area contributed by atoms with Gasteiger partial charge in [-0.2, -0.15) is 0 Å². The molecule has 0 saturated heterocycles. The number of carbonyl (C=O) groups is 3. The number of aliphatic hydroxyl groups excluding tert-OH is 1. The van der Waals surface area contributed by atoms with E-state index in [4.69, 9.17) is 5.11 Å². The summed E-state index contributed by atoms with van der Waals surface area (Å²) in [6.45, 7) is 5.88. The van der Waals surface area contributed by atoms with Crippen LogP contribution in [0.2, 0.25) is 0 Å². The Morgan fingerprint density at radius 1 is 1.18 bits per heavy atom. The number of anilines is 1. The molecule has 0 aliphatic rings. The molecule has 5 nitrogen and oxygen atoms in total. The van der Waals surface area contributed by atoms with E-state index in [2.05, 4.69) is 28.5 Å². The fraction of sp³-hybridized carbons (Fsp3) is 0.400. The van der Waals surface area contributed by atoms with Crippen molar-refractivity contribution in [2.75, 3.05) is 11.9 Å². The van der Waals surface area contributed by atoms with Crippen LogP contribution in [-0.2, 0) is 14.4 Å². The van der Waals surface area contributed by atoms with Crippen LogP contribution < -0.4 is 5.32 Å². The summed E-state index contributed by atoms with van der Waals surface area (Å²) in [5.74, 6) is -0.0424. The Hall–Kier alpha value is -1.43. The molecule has 1 atom stereocenters. The summed E-state index contributed by atoms with van der Waals surface area (Å²) in [5, 5.41) is 9.43. The van der Waals surface area contributed by atoms with Crippen molar-refractivity contribution in [3.63, 3.8) is 0 Å². The maximum absolute atomic E-state index is 11.6. The van der Waals surface area contributed by atoms with Gasteiger partial charge in [-0.1, -0.05) is 24.6 Å². The van der Waals surface area contributed by atoms with Gasteiger partial charge in [-0.15, -0.1) is 0 Å². The highest BCUT2D eigenvalue weighted by molar-refractivity contribution is 6.97. The number of rotatable bonds is 5. The van der Waals surface area contributed by atoms with Crippen LogP contribution in [0.15, 0.2) is 18.2 Å². The average Bonchev–Trinajstić information content (AvgIpc) is 2.42. The predicted molar refractivity (Wildman–Crippen MR) is 87.1 cm³/mol. The first-order chi connectivity index (χ1) is 10.2. The van der Waals surface area contributed by atoms with Gasteiger partial charge in [0.1, 0.15) is 0 Å². The SMILES string of the molecule is Cc1ccc(NC(=O)CC(C)CO)c(C)c1.O=C(Cl)C(=O)Cl. The number of hydrogen-bond donors (Lipinski definition) is 2. The van der Waals surface area contributed by atoms with Crippen molar-refractivity contribution in [1.82, 2.24) is 0 Å². The fourth-order valence-corrected chi connectivity index (χ4v) is 1.54. The molecule has 22 heavy (non-hydrogen) atoms. The van der Waals surface area contributed by atoms with Gasteiger partial charge in [0.15, 0.2) is 0 Å². The predicted octanol–water partition coefficient (Wildman–Crippen LogP) is 2.78. The van der Waals surface area contributed by atoms with Crippen LogP contribution in [-0.4, -0.2) is 28.1 Å². The second kappa shape index (κ2) is 10.3. The summed E-state index contributed by atoms with van der Waals surface area (Å²) in [5.41, 5.74) is 3.09. The Morgan fingerprint density at radius 2 is 1.73 bits per heavy atom. The minimum absolute atomic E-state index is 0.00533. The molecule has 0 fully saturated rings. The molecule has 122 valence electrons. The van der Waals surface area contributed by atoms with Gasteiger partial charge in [0.25, 0.3) is 0 Å². The molecular weight excluding hydrogens is 329 g/mol. The molecule has 0 heterocycles. The van der Waals surface area contributed by atoms with Crippen molar-refractivity contribution in [3.8, 4) is 0 Å². The van der Waals surface area contributed by atoms with Crippen LogP contribution in [0.5, 0.6) is 0 Å². The number of carbonyl (C=O) groups excluding carboxylic acids is 3. The summed E-state index contributed by atoms with van der Waals surface area (Å²) in [7, 11) is 0. The van der Waals surface area contributed by atoms with Crippen LogP contribution in [0.1, 0.15) is 24.5 Å². The first kappa shape index (κ1) is 20.6. The molecule has 1 aromatic carbocycles. The van der Waals surface area contributed by atoms with Crippen molar-refractivity contribution in [3.05, 3.63) is 29.3 Å². The van der Waals surface area contributed by atoms with E-state index in [1.165, 1.54) is 5.56 Å². The smallest absolute Gasteiger partial charge is 0.304 e. The largest absolute Gasteiger partial charge is 0.396 e. The van der Waals surface area contributed by atoms with Gasteiger partial charge in [0.05, 0.1) is 0 Å². The second-order valence-corrected chi connectivity index (χ2v) is 5.59. The molecule has 1 aromatic rings. The van der Waals surface area contributed by atoms with Gasteiger partial charge in [0, 0.05) is 18.7 Å². The highest BCUT2D eigenvalue weighted by Crippen LogP contribution is 2.16. The lowest BCUT2D eigenvalue weighted by molar-refractivity contribution is -0.127. The van der Waals surface area contributed by atoms with Gasteiger partial charge in [-0.3, -0.25) is 14.4 Å². The van der Waals surface area contributed by atoms with E-state index < -0.39 is 10.5 Å². The number of hydrogen-bond acceptors (Lipinski definition) is 4. The van der Waals surface area contributed by atoms with Gasteiger partial charge in [-0.25, -0.2) is 0 Å². The number of aryl methyl sites for hydroxylation is 2. The molecule has 0 spiro atoms. The van der Waals surface area contributed by atoms with Gasteiger partial charge < -0.3 is 10.4 Å². The number of halogens is 2. The quantitative estimate of drug-likeness (QED) is 0.633. The standard InChI is InChI=1S/C13H19NO2.C2Cl2O2/c1-9-4-5-12(11(3)6-9)14-13(16)7-10(2)8-15;3-1(5)2(4)6/h4-6,10,15H,7-8H2,1-3H3,(H,14,16);. The van der Waals surface area contributed by atoms with E-state index in [0.29, 0.717) is 6.42 Å². The molecule has 1 amide bonds. The minimum atomic E-state index is -1.14. The van der Waals surface area contributed by atoms with Gasteiger partial charge in [0.2, 0.25) is 5.91 Å². The van der Waals surface area contributed by atoms with E-state index in [9.17, 15) is 14.4 Å². The third-order valence-corrected chi connectivity index (χ3v) is 3.10.